The molecule has 0 aliphatic carbocycles. The van der Waals surface area contributed by atoms with Gasteiger partial charge in [0, 0.05) is 13.0 Å². The largest absolute Gasteiger partial charge is 0.393 e. The highest BCUT2D eigenvalue weighted by Gasteiger charge is 2.35. The summed E-state index contributed by atoms with van der Waals surface area (Å²) < 4.78 is 0. The van der Waals surface area contributed by atoms with Gasteiger partial charge in [0.2, 0.25) is 53.2 Å². The Labute approximate surface area is 425 Å². The summed E-state index contributed by atoms with van der Waals surface area (Å²) >= 11 is 0. The van der Waals surface area contributed by atoms with Crippen LogP contribution in [-0.4, -0.2) is 139 Å². The summed E-state index contributed by atoms with van der Waals surface area (Å²) in [5.74, 6) is -6.93. The van der Waals surface area contributed by atoms with E-state index < -0.39 is 108 Å². The second-order valence-corrected chi connectivity index (χ2v) is 19.5. The van der Waals surface area contributed by atoms with Gasteiger partial charge >= 0.3 is 0 Å². The normalized spacial score (nSPS) is 23.3. The lowest BCUT2D eigenvalue weighted by Crippen LogP contribution is -2.61. The van der Waals surface area contributed by atoms with Crippen LogP contribution in [0, 0.1) is 11.8 Å². The molecule has 72 heavy (non-hydrogen) atoms. The van der Waals surface area contributed by atoms with Gasteiger partial charge in [-0.25, -0.2) is 0 Å². The first-order chi connectivity index (χ1) is 34.2. The minimum atomic E-state index is -1.43. The maximum Gasteiger partial charge on any atom is 0.243 e. The number of hydrogen-bond acceptors (Lipinski definition) is 13. The molecule has 0 spiro atoms. The Bertz CT molecular complexity index is 1890. The van der Waals surface area contributed by atoms with E-state index in [-0.39, 0.29) is 89.4 Å². The number of carbonyl (C=O) groups excluding carboxylic acids is 9. The summed E-state index contributed by atoms with van der Waals surface area (Å²) in [6, 6.07) is -1.39. The standard InChI is InChI=1S/C50H86N12O10/c1-7-8-9-10-14-17-34(63)29-42(64)55-32(6)43(65)56-38-21-25-54-44(66)39(26-30(2)3)60-46(68)36(19-23-52)57-45(67)35(18-22-51)59-49(71)40(27-31(4)5)61-50(72)41(28-33-15-12-11-13-16-33)62-47(69)37(20-24-53)58-48(38)70/h11-13,15-16,30-32,34-41,63H,7-10,14,17-29,51-53H2,1-6H3,(H,54,66)(H,55,64)(H,56,65)(H,57,67)(H,58,70)(H,59,71)(H,60,68)(H,61,72)(H,62,69)/t32-,34+,35-,36-,37-,38-,39-,40-,41+/m0/s1. The molecule has 0 radical (unpaired) electrons. The summed E-state index contributed by atoms with van der Waals surface area (Å²) in [5.41, 5.74) is 18.3. The summed E-state index contributed by atoms with van der Waals surface area (Å²) in [4.78, 5) is 125. The summed E-state index contributed by atoms with van der Waals surface area (Å²) in [6.45, 7) is 10.4. The first-order valence-electron chi connectivity index (χ1n) is 25.7. The lowest BCUT2D eigenvalue weighted by Gasteiger charge is -2.28. The van der Waals surface area contributed by atoms with Gasteiger partial charge in [-0.2, -0.15) is 0 Å². The van der Waals surface area contributed by atoms with Crippen molar-refractivity contribution in [2.75, 3.05) is 26.2 Å². The fraction of sp³-hybridized carbons (Fsp3) is 0.700. The van der Waals surface area contributed by atoms with Crippen LogP contribution in [0.3, 0.4) is 0 Å². The van der Waals surface area contributed by atoms with Gasteiger partial charge in [0.05, 0.1) is 12.5 Å². The zero-order chi connectivity index (χ0) is 53.8. The van der Waals surface area contributed by atoms with Crippen LogP contribution in [0.1, 0.15) is 131 Å². The second kappa shape index (κ2) is 33.8. The van der Waals surface area contributed by atoms with E-state index in [0.717, 1.165) is 32.1 Å². The highest BCUT2D eigenvalue weighted by molar-refractivity contribution is 5.98. The van der Waals surface area contributed by atoms with Crippen LogP contribution in [0.15, 0.2) is 30.3 Å². The SMILES string of the molecule is CCCCCCC[C@@H](O)CC(=O)N[C@@H](C)C(=O)N[C@H]1CCNC(=O)[C@H](CC(C)C)NC(=O)[C@H](CCN)NC(=O)[C@H](CCN)NC(=O)[C@H](CC(C)C)NC(=O)[C@@H](Cc2ccccc2)NC(=O)[C@H](CCN)NC1=O. The Morgan fingerprint density at radius 1 is 0.611 bits per heavy atom. The molecule has 1 saturated heterocycles. The third-order valence-electron chi connectivity index (χ3n) is 12.1. The molecule has 406 valence electrons. The van der Waals surface area contributed by atoms with Crippen molar-refractivity contribution in [1.29, 1.82) is 0 Å². The van der Waals surface area contributed by atoms with Crippen LogP contribution in [0.5, 0.6) is 0 Å². The van der Waals surface area contributed by atoms with Gasteiger partial charge < -0.3 is 70.2 Å². The number of rotatable bonds is 23. The number of hydrogen-bond donors (Lipinski definition) is 13. The molecule has 0 saturated carbocycles. The molecular weight excluding hydrogens is 929 g/mol. The molecule has 2 rings (SSSR count). The predicted molar refractivity (Wildman–Crippen MR) is 273 cm³/mol. The highest BCUT2D eigenvalue weighted by Crippen LogP contribution is 2.13. The van der Waals surface area contributed by atoms with Crippen molar-refractivity contribution in [2.24, 2.45) is 29.0 Å². The van der Waals surface area contributed by atoms with E-state index in [4.69, 9.17) is 17.2 Å². The number of nitrogens with one attached hydrogen (secondary N) is 9. The van der Waals surface area contributed by atoms with Gasteiger partial charge in [0.1, 0.15) is 48.3 Å². The Morgan fingerprint density at radius 3 is 1.56 bits per heavy atom. The van der Waals surface area contributed by atoms with Crippen LogP contribution in [0.25, 0.3) is 0 Å². The van der Waals surface area contributed by atoms with E-state index in [1.807, 2.05) is 27.7 Å². The molecule has 16 N–H and O–H groups in total. The first-order valence-corrected chi connectivity index (χ1v) is 25.7. The van der Waals surface area contributed by atoms with Gasteiger partial charge in [-0.15, -0.1) is 0 Å². The predicted octanol–water partition coefficient (Wildman–Crippen LogP) is -1.10. The van der Waals surface area contributed by atoms with Crippen LogP contribution in [-0.2, 0) is 49.6 Å². The van der Waals surface area contributed by atoms with E-state index in [9.17, 15) is 48.3 Å². The topological polar surface area (TPSA) is 360 Å². The monoisotopic (exact) mass is 1010 g/mol. The quantitative estimate of drug-likeness (QED) is 0.0580. The lowest BCUT2D eigenvalue weighted by molar-refractivity contribution is -0.136. The molecular formula is C50H86N12O10. The van der Waals surface area contributed by atoms with E-state index in [0.29, 0.717) is 12.0 Å². The number of nitrogens with two attached hydrogens (primary N) is 3. The summed E-state index contributed by atoms with van der Waals surface area (Å²) in [5, 5.41) is 34.5. The average Bonchev–Trinajstić information content (AvgIpc) is 3.31. The van der Waals surface area contributed by atoms with Gasteiger partial charge in [-0.05, 0) is 88.9 Å². The van der Waals surface area contributed by atoms with E-state index in [2.05, 4.69) is 54.8 Å². The molecule has 1 aliphatic rings. The molecule has 22 heteroatoms. The van der Waals surface area contributed by atoms with Crippen molar-refractivity contribution in [1.82, 2.24) is 47.9 Å². The van der Waals surface area contributed by atoms with E-state index in [1.54, 1.807) is 30.3 Å². The number of aliphatic hydroxyl groups excluding tert-OH is 1. The summed E-state index contributed by atoms with van der Waals surface area (Å²) in [7, 11) is 0. The third-order valence-corrected chi connectivity index (χ3v) is 12.1. The average molecular weight is 1020 g/mol. The Kier molecular flexibility index (Phi) is 29.3. The third kappa shape index (κ3) is 23.7. The minimum Gasteiger partial charge on any atom is -0.393 e. The Morgan fingerprint density at radius 2 is 1.06 bits per heavy atom. The maximum absolute atomic E-state index is 14.3. The molecule has 9 atom stereocenters. The fourth-order valence-electron chi connectivity index (χ4n) is 8.10. The number of benzene rings is 1. The molecule has 9 amide bonds. The van der Waals surface area contributed by atoms with Crippen LogP contribution >= 0.6 is 0 Å². The number of aliphatic hydroxyl groups is 1. The lowest BCUT2D eigenvalue weighted by atomic mass is 10.00. The van der Waals surface area contributed by atoms with Crippen LogP contribution < -0.4 is 65.1 Å². The van der Waals surface area contributed by atoms with Gasteiger partial charge in [0.15, 0.2) is 0 Å². The van der Waals surface area contributed by atoms with Crippen LogP contribution in [0.4, 0.5) is 0 Å². The van der Waals surface area contributed by atoms with Crippen molar-refractivity contribution in [2.45, 2.75) is 186 Å². The number of unbranched alkanes of at least 4 members (excludes halogenated alkanes) is 4. The molecule has 1 fully saturated rings. The van der Waals surface area contributed by atoms with Crippen molar-refractivity contribution >= 4 is 53.2 Å². The summed E-state index contributed by atoms with van der Waals surface area (Å²) in [6.07, 6.45) is 3.86. The molecule has 0 bridgehead atoms. The Balaban J connectivity index is 2.63. The maximum atomic E-state index is 14.3. The van der Waals surface area contributed by atoms with Gasteiger partial charge in [-0.1, -0.05) is 97.1 Å². The molecule has 1 aliphatic heterocycles. The minimum absolute atomic E-state index is 0.0404. The molecule has 22 nitrogen and oxygen atoms in total. The zero-order valence-electron chi connectivity index (χ0n) is 43.3. The molecule has 1 heterocycles. The zero-order valence-corrected chi connectivity index (χ0v) is 43.3. The fourth-order valence-corrected chi connectivity index (χ4v) is 8.10. The molecule has 1 aromatic carbocycles. The van der Waals surface area contributed by atoms with E-state index in [1.165, 1.54) is 6.92 Å². The van der Waals surface area contributed by atoms with Crippen molar-refractivity contribution in [3.63, 3.8) is 0 Å². The van der Waals surface area contributed by atoms with Crippen LogP contribution in [0.2, 0.25) is 0 Å². The van der Waals surface area contributed by atoms with Gasteiger partial charge in [0.25, 0.3) is 0 Å². The smallest absolute Gasteiger partial charge is 0.243 e. The first kappa shape index (κ1) is 62.4. The number of amides is 9. The van der Waals surface area contributed by atoms with Crippen molar-refractivity contribution in [3.05, 3.63) is 35.9 Å². The number of carbonyl (C=O) groups is 9. The highest BCUT2D eigenvalue weighted by atomic mass is 16.3. The second-order valence-electron chi connectivity index (χ2n) is 19.5. The van der Waals surface area contributed by atoms with Crippen molar-refractivity contribution < 1.29 is 48.3 Å². The molecule has 0 aromatic heterocycles. The molecule has 1 aromatic rings. The molecule has 0 unspecified atom stereocenters. The van der Waals surface area contributed by atoms with E-state index >= 15 is 0 Å². The van der Waals surface area contributed by atoms with Crippen molar-refractivity contribution in [3.8, 4) is 0 Å². The van der Waals surface area contributed by atoms with Gasteiger partial charge in [-0.3, -0.25) is 43.2 Å². The Hall–Kier alpha value is -5.71.